The van der Waals surface area contributed by atoms with Crippen molar-refractivity contribution in [2.45, 2.75) is 51.4 Å². The van der Waals surface area contributed by atoms with E-state index in [2.05, 4.69) is 5.32 Å². The molecule has 1 heterocycles. The summed E-state index contributed by atoms with van der Waals surface area (Å²) in [5.74, 6) is -9.84. The first-order chi connectivity index (χ1) is 9.46. The highest BCUT2D eigenvalue weighted by Crippen LogP contribution is 2.40. The molecule has 1 aromatic rings. The van der Waals surface area contributed by atoms with Gasteiger partial charge in [-0.1, -0.05) is 0 Å². The van der Waals surface area contributed by atoms with Gasteiger partial charge >= 0.3 is 0 Å². The quantitative estimate of drug-likeness (QED) is 0.503. The number of anilines is 1. The summed E-state index contributed by atoms with van der Waals surface area (Å²) in [4.78, 5) is 0. The number of hydrogen-bond donors (Lipinski definition) is 1. The van der Waals surface area contributed by atoms with Gasteiger partial charge in [0.1, 0.15) is 5.69 Å². The fourth-order valence-electron chi connectivity index (χ4n) is 2.69. The van der Waals surface area contributed by atoms with Gasteiger partial charge in [-0.2, -0.15) is 0 Å². The van der Waals surface area contributed by atoms with Crippen LogP contribution >= 0.6 is 0 Å². The van der Waals surface area contributed by atoms with Crippen molar-refractivity contribution in [3.8, 4) is 0 Å². The molecular formula is C14H16F5NO. The van der Waals surface area contributed by atoms with E-state index in [-0.39, 0.29) is 0 Å². The number of nitrogens with one attached hydrogen (secondary N) is 1. The summed E-state index contributed by atoms with van der Waals surface area (Å²) in [5.41, 5.74) is -2.40. The van der Waals surface area contributed by atoms with Crippen LogP contribution in [0.25, 0.3) is 0 Å². The molecule has 1 fully saturated rings. The minimum absolute atomic E-state index is 0.361. The molecule has 2 rings (SSSR count). The molecule has 0 saturated carbocycles. The van der Waals surface area contributed by atoms with Crippen molar-refractivity contribution in [3.05, 3.63) is 29.1 Å². The summed E-state index contributed by atoms with van der Waals surface area (Å²) < 4.78 is 72.5. The maximum atomic E-state index is 13.7. The van der Waals surface area contributed by atoms with Crippen molar-refractivity contribution >= 4 is 5.69 Å². The van der Waals surface area contributed by atoms with Gasteiger partial charge in [0, 0.05) is 0 Å². The van der Waals surface area contributed by atoms with Gasteiger partial charge in [-0.05, 0) is 34.1 Å². The molecule has 0 aromatic heterocycles. The van der Waals surface area contributed by atoms with Crippen molar-refractivity contribution in [1.82, 2.24) is 0 Å². The topological polar surface area (TPSA) is 21.3 Å². The molecule has 1 aliphatic heterocycles. The Bertz CT molecular complexity index is 556. The summed E-state index contributed by atoms with van der Waals surface area (Å²) in [6, 6.07) is -0.597. The second-order valence-corrected chi connectivity index (χ2v) is 6.31. The van der Waals surface area contributed by atoms with Crippen LogP contribution in [-0.4, -0.2) is 17.2 Å². The predicted molar refractivity (Wildman–Crippen MR) is 67.5 cm³/mol. The van der Waals surface area contributed by atoms with Crippen LogP contribution in [0.3, 0.4) is 0 Å². The molecule has 118 valence electrons. The van der Waals surface area contributed by atoms with Crippen LogP contribution in [0.15, 0.2) is 0 Å². The molecule has 21 heavy (non-hydrogen) atoms. The van der Waals surface area contributed by atoms with E-state index in [9.17, 15) is 22.0 Å². The molecule has 0 amide bonds. The summed E-state index contributed by atoms with van der Waals surface area (Å²) in [6.07, 6.45) is 0.361. The van der Waals surface area contributed by atoms with Gasteiger partial charge in [0.25, 0.3) is 0 Å². The zero-order valence-corrected chi connectivity index (χ0v) is 12.1. The number of rotatable bonds is 2. The van der Waals surface area contributed by atoms with E-state index in [0.717, 1.165) is 0 Å². The van der Waals surface area contributed by atoms with Crippen molar-refractivity contribution in [3.63, 3.8) is 0 Å². The van der Waals surface area contributed by atoms with Gasteiger partial charge in [-0.15, -0.1) is 0 Å². The molecule has 1 N–H and O–H groups in total. The second kappa shape index (κ2) is 4.83. The minimum atomic E-state index is -2.17. The van der Waals surface area contributed by atoms with Crippen LogP contribution in [0, 0.1) is 29.1 Å². The Kier molecular flexibility index (Phi) is 3.68. The molecule has 1 unspecified atom stereocenters. The van der Waals surface area contributed by atoms with Crippen LogP contribution in [0.2, 0.25) is 0 Å². The van der Waals surface area contributed by atoms with Gasteiger partial charge in [-0.3, -0.25) is 0 Å². The number of halogens is 5. The average Bonchev–Trinajstić information content (AvgIpc) is 2.57. The number of hydrogen-bond acceptors (Lipinski definition) is 2. The largest absolute Gasteiger partial charge is 0.374 e. The zero-order valence-electron chi connectivity index (χ0n) is 12.1. The fourth-order valence-corrected chi connectivity index (χ4v) is 2.69. The van der Waals surface area contributed by atoms with Crippen LogP contribution in [0.1, 0.15) is 34.1 Å². The van der Waals surface area contributed by atoms with Crippen LogP contribution in [0.4, 0.5) is 27.6 Å². The van der Waals surface area contributed by atoms with Crippen molar-refractivity contribution in [2.24, 2.45) is 0 Å². The predicted octanol–water partition coefficient (Wildman–Crippen LogP) is 4.14. The minimum Gasteiger partial charge on any atom is -0.374 e. The molecule has 0 spiro atoms. The fraction of sp³-hybridized carbons (Fsp3) is 0.571. The first-order valence-electron chi connectivity index (χ1n) is 6.44. The molecule has 0 bridgehead atoms. The first kappa shape index (κ1) is 16.0. The van der Waals surface area contributed by atoms with Gasteiger partial charge < -0.3 is 10.1 Å². The van der Waals surface area contributed by atoms with E-state index >= 15 is 0 Å². The lowest BCUT2D eigenvalue weighted by Gasteiger charge is -2.28. The molecule has 2 nitrogen and oxygen atoms in total. The second-order valence-electron chi connectivity index (χ2n) is 6.31. The molecule has 0 radical (unpaired) electrons. The third-order valence-electron chi connectivity index (χ3n) is 3.60. The van der Waals surface area contributed by atoms with Gasteiger partial charge in [0.15, 0.2) is 23.3 Å². The van der Waals surface area contributed by atoms with E-state index in [1.54, 1.807) is 27.7 Å². The highest BCUT2D eigenvalue weighted by Gasteiger charge is 2.46. The SMILES string of the molecule is CC1(C)CC(Nc2c(F)c(F)c(F)c(F)c2F)C(C)(C)O1. The lowest BCUT2D eigenvalue weighted by molar-refractivity contribution is -0.0662. The smallest absolute Gasteiger partial charge is 0.200 e. The summed E-state index contributed by atoms with van der Waals surface area (Å²) in [6.45, 7) is 6.95. The molecule has 7 heteroatoms. The molecule has 0 aliphatic carbocycles. The summed E-state index contributed by atoms with van der Waals surface area (Å²) in [7, 11) is 0. The first-order valence-corrected chi connectivity index (χ1v) is 6.44. The Morgan fingerprint density at radius 3 is 1.67 bits per heavy atom. The van der Waals surface area contributed by atoms with E-state index in [1.807, 2.05) is 0 Å². The summed E-state index contributed by atoms with van der Waals surface area (Å²) >= 11 is 0. The number of benzene rings is 1. The van der Waals surface area contributed by atoms with Gasteiger partial charge in [0.2, 0.25) is 5.82 Å². The van der Waals surface area contributed by atoms with Crippen molar-refractivity contribution < 1.29 is 26.7 Å². The van der Waals surface area contributed by atoms with E-state index in [0.29, 0.717) is 6.42 Å². The van der Waals surface area contributed by atoms with Gasteiger partial charge in [-0.25, -0.2) is 22.0 Å². The normalized spacial score (nSPS) is 23.4. The van der Waals surface area contributed by atoms with Crippen molar-refractivity contribution in [1.29, 1.82) is 0 Å². The molecule has 1 saturated heterocycles. The van der Waals surface area contributed by atoms with E-state index in [4.69, 9.17) is 4.74 Å². The van der Waals surface area contributed by atoms with Gasteiger partial charge in [0.05, 0.1) is 17.2 Å². The monoisotopic (exact) mass is 309 g/mol. The Morgan fingerprint density at radius 2 is 1.29 bits per heavy atom. The van der Waals surface area contributed by atoms with E-state index < -0.39 is 52.0 Å². The molecule has 1 atom stereocenters. The molecular weight excluding hydrogens is 293 g/mol. The summed E-state index contributed by atoms with van der Waals surface area (Å²) in [5, 5.41) is 2.41. The Hall–Kier alpha value is -1.37. The maximum Gasteiger partial charge on any atom is 0.200 e. The van der Waals surface area contributed by atoms with E-state index in [1.165, 1.54) is 0 Å². The van der Waals surface area contributed by atoms with Crippen LogP contribution < -0.4 is 5.32 Å². The molecule has 1 aliphatic rings. The average molecular weight is 309 g/mol. The van der Waals surface area contributed by atoms with Crippen LogP contribution in [-0.2, 0) is 4.74 Å². The third kappa shape index (κ3) is 2.71. The highest BCUT2D eigenvalue weighted by atomic mass is 19.2. The Balaban J connectivity index is 2.42. The van der Waals surface area contributed by atoms with Crippen molar-refractivity contribution in [2.75, 3.05) is 5.32 Å². The molecule has 1 aromatic carbocycles. The lowest BCUT2D eigenvalue weighted by Crippen LogP contribution is -2.38. The maximum absolute atomic E-state index is 13.7. The zero-order chi connectivity index (χ0) is 16.2. The third-order valence-corrected chi connectivity index (χ3v) is 3.60. The standard InChI is InChI=1S/C14H16F5NO/c1-13(2)5-6(14(3,4)21-13)20-12-10(18)8(16)7(15)9(17)11(12)19/h6,20H,5H2,1-4H3. The Labute approximate surface area is 119 Å². The highest BCUT2D eigenvalue weighted by molar-refractivity contribution is 5.49. The Morgan fingerprint density at radius 1 is 0.857 bits per heavy atom. The number of ether oxygens (including phenoxy) is 1. The lowest BCUT2D eigenvalue weighted by atomic mass is 9.94. The van der Waals surface area contributed by atoms with Crippen LogP contribution in [0.5, 0.6) is 0 Å².